The van der Waals surface area contributed by atoms with E-state index in [1.807, 2.05) is 0 Å². The quantitative estimate of drug-likeness (QED) is 0.764. The standard InChI is InChI=1S/C12H17FN2O2S/c1-9-8-10(13)2-5-12(9)18(16,17)15-7-6-14-11-3-4-11/h2,5,8,11,14-15H,3-4,6-7H2,1H3. The smallest absolute Gasteiger partial charge is 0.240 e. The first-order chi connectivity index (χ1) is 8.49. The van der Waals surface area contributed by atoms with Gasteiger partial charge in [0.15, 0.2) is 0 Å². The van der Waals surface area contributed by atoms with Gasteiger partial charge in [0.1, 0.15) is 5.82 Å². The van der Waals surface area contributed by atoms with Gasteiger partial charge in [-0.2, -0.15) is 0 Å². The molecule has 0 aromatic heterocycles. The van der Waals surface area contributed by atoms with Gasteiger partial charge in [0, 0.05) is 19.1 Å². The number of nitrogens with one attached hydrogen (secondary N) is 2. The lowest BCUT2D eigenvalue weighted by molar-refractivity contribution is 0.574. The molecule has 18 heavy (non-hydrogen) atoms. The fourth-order valence-corrected chi connectivity index (χ4v) is 3.00. The van der Waals surface area contributed by atoms with Crippen LogP contribution in [-0.2, 0) is 10.0 Å². The number of aryl methyl sites for hydroxylation is 1. The van der Waals surface area contributed by atoms with Crippen molar-refractivity contribution in [1.29, 1.82) is 0 Å². The zero-order valence-corrected chi connectivity index (χ0v) is 11.1. The average molecular weight is 272 g/mol. The Balaban J connectivity index is 1.95. The molecule has 0 spiro atoms. The highest BCUT2D eigenvalue weighted by Crippen LogP contribution is 2.18. The highest BCUT2D eigenvalue weighted by molar-refractivity contribution is 7.89. The minimum absolute atomic E-state index is 0.135. The number of benzene rings is 1. The van der Waals surface area contributed by atoms with Crippen molar-refractivity contribution in [2.45, 2.75) is 30.7 Å². The third-order valence-electron chi connectivity index (χ3n) is 2.85. The highest BCUT2D eigenvalue weighted by atomic mass is 32.2. The van der Waals surface area contributed by atoms with Crippen LogP contribution in [-0.4, -0.2) is 27.5 Å². The van der Waals surface area contributed by atoms with Crippen LogP contribution in [0.2, 0.25) is 0 Å². The lowest BCUT2D eigenvalue weighted by atomic mass is 10.2. The minimum atomic E-state index is -3.54. The maximum Gasteiger partial charge on any atom is 0.240 e. The van der Waals surface area contributed by atoms with E-state index in [1.165, 1.54) is 25.0 Å². The molecule has 4 nitrogen and oxygen atoms in total. The predicted molar refractivity (Wildman–Crippen MR) is 67.4 cm³/mol. The van der Waals surface area contributed by atoms with Gasteiger partial charge in [-0.05, 0) is 43.5 Å². The van der Waals surface area contributed by atoms with E-state index in [-0.39, 0.29) is 4.90 Å². The second-order valence-corrected chi connectivity index (χ2v) is 6.27. The van der Waals surface area contributed by atoms with Gasteiger partial charge in [-0.3, -0.25) is 0 Å². The number of hydrogen-bond donors (Lipinski definition) is 2. The number of rotatable bonds is 6. The van der Waals surface area contributed by atoms with Gasteiger partial charge in [-0.1, -0.05) is 0 Å². The highest BCUT2D eigenvalue weighted by Gasteiger charge is 2.20. The monoisotopic (exact) mass is 272 g/mol. The summed E-state index contributed by atoms with van der Waals surface area (Å²) in [5, 5.41) is 3.22. The molecule has 0 saturated heterocycles. The fourth-order valence-electron chi connectivity index (χ4n) is 1.74. The van der Waals surface area contributed by atoms with Crippen molar-refractivity contribution in [2.24, 2.45) is 0 Å². The van der Waals surface area contributed by atoms with Crippen LogP contribution in [0.3, 0.4) is 0 Å². The summed E-state index contributed by atoms with van der Waals surface area (Å²) < 4.78 is 39.3. The molecule has 0 unspecified atom stereocenters. The number of sulfonamides is 1. The Morgan fingerprint density at radius 3 is 2.67 bits per heavy atom. The van der Waals surface area contributed by atoms with Crippen LogP contribution < -0.4 is 10.0 Å². The van der Waals surface area contributed by atoms with E-state index in [4.69, 9.17) is 0 Å². The molecular formula is C12H17FN2O2S. The summed E-state index contributed by atoms with van der Waals surface area (Å²) in [5.41, 5.74) is 0.414. The van der Waals surface area contributed by atoms with Crippen LogP contribution in [0.25, 0.3) is 0 Å². The van der Waals surface area contributed by atoms with E-state index in [0.29, 0.717) is 24.7 Å². The lowest BCUT2D eigenvalue weighted by Gasteiger charge is -2.09. The lowest BCUT2D eigenvalue weighted by Crippen LogP contribution is -2.33. The van der Waals surface area contributed by atoms with Crippen molar-refractivity contribution in [2.75, 3.05) is 13.1 Å². The third kappa shape index (κ3) is 3.51. The molecule has 0 atom stereocenters. The molecule has 1 aliphatic carbocycles. The first-order valence-electron chi connectivity index (χ1n) is 5.98. The Morgan fingerprint density at radius 1 is 1.33 bits per heavy atom. The predicted octanol–water partition coefficient (Wildman–Crippen LogP) is 1.16. The summed E-state index contributed by atoms with van der Waals surface area (Å²) in [6.07, 6.45) is 2.34. The Kier molecular flexibility index (Phi) is 3.99. The van der Waals surface area contributed by atoms with Crippen LogP contribution >= 0.6 is 0 Å². The van der Waals surface area contributed by atoms with Gasteiger partial charge < -0.3 is 5.32 Å². The van der Waals surface area contributed by atoms with Crippen LogP contribution in [0.15, 0.2) is 23.1 Å². The molecule has 1 aromatic carbocycles. The van der Waals surface area contributed by atoms with Gasteiger partial charge in [-0.15, -0.1) is 0 Å². The van der Waals surface area contributed by atoms with Crippen molar-refractivity contribution >= 4 is 10.0 Å². The molecule has 0 heterocycles. The maximum atomic E-state index is 12.9. The van der Waals surface area contributed by atoms with Crippen molar-refractivity contribution in [3.63, 3.8) is 0 Å². The topological polar surface area (TPSA) is 58.2 Å². The summed E-state index contributed by atoms with van der Waals surface area (Å²) >= 11 is 0. The van der Waals surface area contributed by atoms with Crippen LogP contribution in [0, 0.1) is 12.7 Å². The van der Waals surface area contributed by atoms with Crippen LogP contribution in [0.5, 0.6) is 0 Å². The molecule has 1 aromatic rings. The van der Waals surface area contributed by atoms with Crippen molar-refractivity contribution < 1.29 is 12.8 Å². The Hall–Kier alpha value is -0.980. The first kappa shape index (κ1) is 13.5. The zero-order chi connectivity index (χ0) is 13.2. The SMILES string of the molecule is Cc1cc(F)ccc1S(=O)(=O)NCCNC1CC1. The maximum absolute atomic E-state index is 12.9. The fraction of sp³-hybridized carbons (Fsp3) is 0.500. The molecule has 6 heteroatoms. The summed E-state index contributed by atoms with van der Waals surface area (Å²) in [6, 6.07) is 4.23. The van der Waals surface area contributed by atoms with Gasteiger partial charge in [-0.25, -0.2) is 17.5 Å². The average Bonchev–Trinajstić information content (AvgIpc) is 3.07. The molecule has 0 radical (unpaired) electrons. The third-order valence-corrected chi connectivity index (χ3v) is 4.48. The van der Waals surface area contributed by atoms with Gasteiger partial charge >= 0.3 is 0 Å². The van der Waals surface area contributed by atoms with Gasteiger partial charge in [0.05, 0.1) is 4.90 Å². The van der Waals surface area contributed by atoms with E-state index in [0.717, 1.165) is 6.07 Å². The largest absolute Gasteiger partial charge is 0.313 e. The molecule has 0 amide bonds. The molecule has 2 N–H and O–H groups in total. The Labute approximate surface area is 107 Å². The van der Waals surface area contributed by atoms with E-state index >= 15 is 0 Å². The molecule has 1 saturated carbocycles. The molecule has 2 rings (SSSR count). The van der Waals surface area contributed by atoms with E-state index in [9.17, 15) is 12.8 Å². The summed E-state index contributed by atoms with van der Waals surface area (Å²) in [4.78, 5) is 0.135. The second-order valence-electron chi connectivity index (χ2n) is 4.54. The first-order valence-corrected chi connectivity index (χ1v) is 7.46. The molecular weight excluding hydrogens is 255 g/mol. The molecule has 1 aliphatic rings. The van der Waals surface area contributed by atoms with Crippen LogP contribution in [0.4, 0.5) is 4.39 Å². The van der Waals surface area contributed by atoms with Gasteiger partial charge in [0.2, 0.25) is 10.0 Å². The van der Waals surface area contributed by atoms with E-state index < -0.39 is 15.8 Å². The summed E-state index contributed by atoms with van der Waals surface area (Å²) in [6.45, 7) is 2.54. The second kappa shape index (κ2) is 5.34. The van der Waals surface area contributed by atoms with Crippen LogP contribution in [0.1, 0.15) is 18.4 Å². The summed E-state index contributed by atoms with van der Waals surface area (Å²) in [7, 11) is -3.54. The zero-order valence-electron chi connectivity index (χ0n) is 10.2. The van der Waals surface area contributed by atoms with Crippen molar-refractivity contribution in [1.82, 2.24) is 10.0 Å². The number of hydrogen-bond acceptors (Lipinski definition) is 3. The Morgan fingerprint density at radius 2 is 2.06 bits per heavy atom. The van der Waals surface area contributed by atoms with Crippen molar-refractivity contribution in [3.05, 3.63) is 29.6 Å². The molecule has 100 valence electrons. The number of halogens is 1. The minimum Gasteiger partial charge on any atom is -0.313 e. The Bertz CT molecular complexity index is 527. The van der Waals surface area contributed by atoms with E-state index in [1.54, 1.807) is 6.92 Å². The molecule has 1 fully saturated rings. The van der Waals surface area contributed by atoms with Crippen molar-refractivity contribution in [3.8, 4) is 0 Å². The van der Waals surface area contributed by atoms with Gasteiger partial charge in [0.25, 0.3) is 0 Å². The molecule has 0 aliphatic heterocycles. The summed E-state index contributed by atoms with van der Waals surface area (Å²) in [5.74, 6) is -0.429. The van der Waals surface area contributed by atoms with E-state index in [2.05, 4.69) is 10.0 Å². The normalized spacial score (nSPS) is 15.9. The molecule has 0 bridgehead atoms.